The van der Waals surface area contributed by atoms with E-state index in [2.05, 4.69) is 5.32 Å². The van der Waals surface area contributed by atoms with Gasteiger partial charge in [0.25, 0.3) is 5.91 Å². The van der Waals surface area contributed by atoms with Crippen molar-refractivity contribution < 1.29 is 14.5 Å². The largest absolute Gasteiger partial charge is 0.490 e. The normalized spacial score (nSPS) is 10.1. The first-order valence-electron chi connectivity index (χ1n) is 6.78. The average Bonchev–Trinajstić information content (AvgIpc) is 2.54. The first-order chi connectivity index (χ1) is 10.5. The van der Waals surface area contributed by atoms with Crippen molar-refractivity contribution in [3.8, 4) is 5.75 Å². The maximum Gasteiger partial charge on any atom is 0.312 e. The molecule has 6 nitrogen and oxygen atoms in total. The van der Waals surface area contributed by atoms with Gasteiger partial charge in [-0.3, -0.25) is 14.9 Å². The molecule has 0 unspecified atom stereocenters. The molecule has 0 atom stereocenters. The highest BCUT2D eigenvalue weighted by molar-refractivity contribution is 6.04. The molecule has 0 saturated heterocycles. The van der Waals surface area contributed by atoms with E-state index in [0.29, 0.717) is 11.3 Å². The number of nitro groups is 1. The Labute approximate surface area is 127 Å². The molecule has 0 aliphatic heterocycles. The quantitative estimate of drug-likeness (QED) is 0.677. The first kappa shape index (κ1) is 15.5. The summed E-state index contributed by atoms with van der Waals surface area (Å²) in [5.74, 6) is -0.169. The molecule has 114 valence electrons. The van der Waals surface area contributed by atoms with E-state index in [1.54, 1.807) is 18.2 Å². The smallest absolute Gasteiger partial charge is 0.312 e. The third-order valence-corrected chi connectivity index (χ3v) is 3.26. The van der Waals surface area contributed by atoms with Crippen LogP contribution in [0.4, 0.5) is 11.4 Å². The lowest BCUT2D eigenvalue weighted by molar-refractivity contribution is -0.385. The van der Waals surface area contributed by atoms with E-state index in [9.17, 15) is 14.9 Å². The van der Waals surface area contributed by atoms with Gasteiger partial charge in [-0.25, -0.2) is 0 Å². The second kappa shape index (κ2) is 6.71. The minimum absolute atomic E-state index is 0.148. The Bertz CT molecular complexity index is 696. The molecule has 0 aromatic heterocycles. The zero-order valence-corrected chi connectivity index (χ0v) is 12.3. The molecule has 6 heteroatoms. The minimum atomic E-state index is -0.551. The number of hydrogen-bond acceptors (Lipinski definition) is 4. The Morgan fingerprint density at radius 2 is 1.91 bits per heavy atom. The molecular formula is C16H16N2O4. The summed E-state index contributed by atoms with van der Waals surface area (Å²) in [4.78, 5) is 22.6. The molecule has 0 spiro atoms. The number of rotatable bonds is 5. The van der Waals surface area contributed by atoms with E-state index < -0.39 is 4.92 Å². The zero-order valence-electron chi connectivity index (χ0n) is 12.3. The van der Waals surface area contributed by atoms with Crippen molar-refractivity contribution in [2.24, 2.45) is 0 Å². The second-order valence-electron chi connectivity index (χ2n) is 4.65. The van der Waals surface area contributed by atoms with Gasteiger partial charge in [0.2, 0.25) is 0 Å². The van der Waals surface area contributed by atoms with Crippen LogP contribution in [0.25, 0.3) is 0 Å². The van der Waals surface area contributed by atoms with Gasteiger partial charge in [-0.05, 0) is 36.2 Å². The number of ether oxygens (including phenoxy) is 1. The Morgan fingerprint density at radius 1 is 1.23 bits per heavy atom. The van der Waals surface area contributed by atoms with E-state index in [4.69, 9.17) is 4.74 Å². The molecule has 22 heavy (non-hydrogen) atoms. The van der Waals surface area contributed by atoms with Gasteiger partial charge in [0.1, 0.15) is 0 Å². The van der Waals surface area contributed by atoms with E-state index in [1.807, 2.05) is 19.1 Å². The number of carbonyl (C=O) groups is 1. The molecular weight excluding hydrogens is 284 g/mol. The van der Waals surface area contributed by atoms with Crippen molar-refractivity contribution in [3.63, 3.8) is 0 Å². The third kappa shape index (κ3) is 3.41. The number of anilines is 1. The van der Waals surface area contributed by atoms with Gasteiger partial charge in [-0.15, -0.1) is 0 Å². The van der Waals surface area contributed by atoms with Crippen LogP contribution in [-0.2, 0) is 6.42 Å². The van der Waals surface area contributed by atoms with E-state index >= 15 is 0 Å². The van der Waals surface area contributed by atoms with Crippen LogP contribution in [0.1, 0.15) is 22.8 Å². The minimum Gasteiger partial charge on any atom is -0.490 e. The summed E-state index contributed by atoms with van der Waals surface area (Å²) in [5.41, 5.74) is 1.78. The standard InChI is InChI=1S/C16H16N2O4/c1-3-11-4-6-12(7-5-11)16(19)17-13-8-9-15(22-2)14(10-13)18(20)21/h4-10H,3H2,1-2H3,(H,17,19). The number of benzene rings is 2. The Kier molecular flexibility index (Phi) is 4.73. The molecule has 2 aromatic rings. The number of hydrogen-bond donors (Lipinski definition) is 1. The lowest BCUT2D eigenvalue weighted by Gasteiger charge is -2.07. The fourth-order valence-corrected chi connectivity index (χ4v) is 2.01. The van der Waals surface area contributed by atoms with Gasteiger partial charge >= 0.3 is 5.69 Å². The highest BCUT2D eigenvalue weighted by atomic mass is 16.6. The molecule has 0 fully saturated rings. The molecule has 0 saturated carbocycles. The van der Waals surface area contributed by atoms with Crippen LogP contribution in [-0.4, -0.2) is 17.9 Å². The number of carbonyl (C=O) groups excluding carboxylic acids is 1. The monoisotopic (exact) mass is 300 g/mol. The summed E-state index contributed by atoms with van der Waals surface area (Å²) in [7, 11) is 1.36. The molecule has 0 heterocycles. The van der Waals surface area contributed by atoms with Crippen molar-refractivity contribution >= 4 is 17.3 Å². The van der Waals surface area contributed by atoms with Gasteiger partial charge in [-0.2, -0.15) is 0 Å². The number of aryl methyl sites for hydroxylation is 1. The van der Waals surface area contributed by atoms with E-state index in [0.717, 1.165) is 12.0 Å². The molecule has 1 N–H and O–H groups in total. The molecule has 0 radical (unpaired) electrons. The number of nitrogens with zero attached hydrogens (tertiary/aromatic N) is 1. The molecule has 2 aromatic carbocycles. The van der Waals surface area contributed by atoms with Gasteiger partial charge < -0.3 is 10.1 Å². The van der Waals surface area contributed by atoms with Gasteiger partial charge in [-0.1, -0.05) is 19.1 Å². The summed E-state index contributed by atoms with van der Waals surface area (Å²) in [5, 5.41) is 13.6. The van der Waals surface area contributed by atoms with Gasteiger partial charge in [0, 0.05) is 17.3 Å². The molecule has 0 bridgehead atoms. The predicted molar refractivity (Wildman–Crippen MR) is 83.4 cm³/mol. The number of amides is 1. The predicted octanol–water partition coefficient (Wildman–Crippen LogP) is 3.42. The Balaban J connectivity index is 2.20. The summed E-state index contributed by atoms with van der Waals surface area (Å²) in [6, 6.07) is 11.5. The van der Waals surface area contributed by atoms with Crippen molar-refractivity contribution in [2.75, 3.05) is 12.4 Å². The van der Waals surface area contributed by atoms with E-state index in [-0.39, 0.29) is 17.3 Å². The molecule has 1 amide bonds. The van der Waals surface area contributed by atoms with Crippen molar-refractivity contribution in [1.82, 2.24) is 0 Å². The van der Waals surface area contributed by atoms with Crippen LogP contribution in [0.2, 0.25) is 0 Å². The summed E-state index contributed by atoms with van der Waals surface area (Å²) < 4.78 is 4.92. The summed E-state index contributed by atoms with van der Waals surface area (Å²) in [6.07, 6.45) is 0.895. The van der Waals surface area contributed by atoms with Crippen LogP contribution in [0.15, 0.2) is 42.5 Å². The Hall–Kier alpha value is -2.89. The van der Waals surface area contributed by atoms with Crippen molar-refractivity contribution in [1.29, 1.82) is 0 Å². The number of nitro benzene ring substituents is 1. The fraction of sp³-hybridized carbons (Fsp3) is 0.188. The number of nitrogens with one attached hydrogen (secondary N) is 1. The second-order valence-corrected chi connectivity index (χ2v) is 4.65. The maximum atomic E-state index is 12.1. The maximum absolute atomic E-state index is 12.1. The topological polar surface area (TPSA) is 81.5 Å². The van der Waals surface area contributed by atoms with Crippen LogP contribution in [0.3, 0.4) is 0 Å². The molecule has 0 aliphatic rings. The van der Waals surface area contributed by atoms with Gasteiger partial charge in [0.15, 0.2) is 5.75 Å². The SMILES string of the molecule is CCc1ccc(C(=O)Nc2ccc(OC)c([N+](=O)[O-])c2)cc1. The molecule has 0 aliphatic carbocycles. The number of methoxy groups -OCH3 is 1. The van der Waals surface area contributed by atoms with Crippen LogP contribution in [0, 0.1) is 10.1 Å². The van der Waals surface area contributed by atoms with Crippen LogP contribution >= 0.6 is 0 Å². The first-order valence-corrected chi connectivity index (χ1v) is 6.78. The molecule has 2 rings (SSSR count). The van der Waals surface area contributed by atoms with E-state index in [1.165, 1.54) is 19.2 Å². The highest BCUT2D eigenvalue weighted by Crippen LogP contribution is 2.29. The highest BCUT2D eigenvalue weighted by Gasteiger charge is 2.16. The van der Waals surface area contributed by atoms with Crippen LogP contribution < -0.4 is 10.1 Å². The fourth-order valence-electron chi connectivity index (χ4n) is 2.01. The summed E-state index contributed by atoms with van der Waals surface area (Å²) >= 11 is 0. The average molecular weight is 300 g/mol. The lowest BCUT2D eigenvalue weighted by atomic mass is 10.1. The zero-order chi connectivity index (χ0) is 16.1. The lowest BCUT2D eigenvalue weighted by Crippen LogP contribution is -2.12. The third-order valence-electron chi connectivity index (χ3n) is 3.26. The Morgan fingerprint density at radius 3 is 2.45 bits per heavy atom. The summed E-state index contributed by atoms with van der Waals surface area (Å²) in [6.45, 7) is 2.03. The van der Waals surface area contributed by atoms with Crippen molar-refractivity contribution in [2.45, 2.75) is 13.3 Å². The van der Waals surface area contributed by atoms with Gasteiger partial charge in [0.05, 0.1) is 12.0 Å². The van der Waals surface area contributed by atoms with Crippen molar-refractivity contribution in [3.05, 3.63) is 63.7 Å². The van der Waals surface area contributed by atoms with Crippen LogP contribution in [0.5, 0.6) is 5.75 Å².